The van der Waals surface area contributed by atoms with Crippen LogP contribution < -0.4 is 0 Å². The number of carbonyl (C=O) groups excluding carboxylic acids is 1. The zero-order chi connectivity index (χ0) is 18.3. The fourth-order valence-electron chi connectivity index (χ4n) is 3.06. The summed E-state index contributed by atoms with van der Waals surface area (Å²) in [7, 11) is 0. The molecule has 3 aromatic rings. The first kappa shape index (κ1) is 17.1. The molecule has 7 heteroatoms. The van der Waals surface area contributed by atoms with Crippen LogP contribution in [0.25, 0.3) is 10.9 Å². The van der Waals surface area contributed by atoms with Gasteiger partial charge in [0, 0.05) is 27.4 Å². The summed E-state index contributed by atoms with van der Waals surface area (Å²) in [6.07, 6.45) is 0.471. The second kappa shape index (κ2) is 6.74. The minimum Gasteiger partial charge on any atom is -0.410 e. The van der Waals surface area contributed by atoms with Gasteiger partial charge in [-0.05, 0) is 30.7 Å². The molecule has 26 heavy (non-hydrogen) atoms. The lowest BCUT2D eigenvalue weighted by molar-refractivity contribution is -0.132. The lowest BCUT2D eigenvalue weighted by Gasteiger charge is -2.09. The summed E-state index contributed by atoms with van der Waals surface area (Å²) < 4.78 is 6.99. The van der Waals surface area contributed by atoms with Crippen LogP contribution in [0, 0.1) is 6.92 Å². The van der Waals surface area contributed by atoms with Gasteiger partial charge in [0.05, 0.1) is 17.8 Å². The molecule has 1 aliphatic rings. The molecule has 0 saturated heterocycles. The predicted molar refractivity (Wildman–Crippen MR) is 102 cm³/mol. The van der Waals surface area contributed by atoms with Crippen LogP contribution in [0.5, 0.6) is 0 Å². The van der Waals surface area contributed by atoms with Crippen molar-refractivity contribution in [3.8, 4) is 0 Å². The molecule has 0 spiro atoms. The summed E-state index contributed by atoms with van der Waals surface area (Å²) in [5.74, 6) is 0.140. The van der Waals surface area contributed by atoms with Gasteiger partial charge in [-0.25, -0.2) is 9.79 Å². The summed E-state index contributed by atoms with van der Waals surface area (Å²) >= 11 is 12.6. The SMILES string of the molecule is Cc1nn(Cc2c(Cl)cccc2Cl)c2cc(CC3=NCC(=O)O3)ccc12. The fraction of sp³-hybridized carbons (Fsp3) is 0.211. The van der Waals surface area contributed by atoms with Gasteiger partial charge in [-0.3, -0.25) is 4.68 Å². The van der Waals surface area contributed by atoms with Gasteiger partial charge >= 0.3 is 5.97 Å². The third-order valence-electron chi connectivity index (χ3n) is 4.34. The molecule has 0 aliphatic carbocycles. The molecule has 0 N–H and O–H groups in total. The van der Waals surface area contributed by atoms with E-state index in [0.717, 1.165) is 27.7 Å². The first-order valence-electron chi connectivity index (χ1n) is 8.14. The summed E-state index contributed by atoms with van der Waals surface area (Å²) in [5.41, 5.74) is 3.73. The van der Waals surface area contributed by atoms with Crippen LogP contribution in [0.1, 0.15) is 16.8 Å². The number of esters is 1. The van der Waals surface area contributed by atoms with E-state index in [-0.39, 0.29) is 12.5 Å². The van der Waals surface area contributed by atoms with E-state index in [1.165, 1.54) is 0 Å². The Morgan fingerprint density at radius 2 is 1.96 bits per heavy atom. The van der Waals surface area contributed by atoms with Gasteiger partial charge in [0.2, 0.25) is 0 Å². The quantitative estimate of drug-likeness (QED) is 0.630. The fourth-order valence-corrected chi connectivity index (χ4v) is 3.58. The van der Waals surface area contributed by atoms with Crippen LogP contribution in [0.15, 0.2) is 41.4 Å². The number of aromatic nitrogens is 2. The molecule has 0 radical (unpaired) electrons. The number of aliphatic imine (C=N–C) groups is 1. The molecule has 0 unspecified atom stereocenters. The van der Waals surface area contributed by atoms with Crippen molar-refractivity contribution >= 4 is 46.0 Å². The number of ether oxygens (including phenoxy) is 1. The van der Waals surface area contributed by atoms with Crippen molar-refractivity contribution in [2.24, 2.45) is 4.99 Å². The van der Waals surface area contributed by atoms with Gasteiger partial charge in [-0.1, -0.05) is 41.4 Å². The second-order valence-corrected chi connectivity index (χ2v) is 6.97. The minimum atomic E-state index is -0.310. The third-order valence-corrected chi connectivity index (χ3v) is 5.05. The number of rotatable bonds is 4. The zero-order valence-corrected chi connectivity index (χ0v) is 15.5. The molecule has 5 nitrogen and oxygen atoms in total. The molecule has 1 aliphatic heterocycles. The van der Waals surface area contributed by atoms with E-state index < -0.39 is 0 Å². The molecular weight excluding hydrogens is 373 g/mol. The summed E-state index contributed by atoms with van der Waals surface area (Å²) in [6, 6.07) is 11.5. The van der Waals surface area contributed by atoms with Crippen LogP contribution in [0.3, 0.4) is 0 Å². The van der Waals surface area contributed by atoms with Crippen LogP contribution in [-0.2, 0) is 22.5 Å². The highest BCUT2D eigenvalue weighted by Gasteiger charge is 2.17. The van der Waals surface area contributed by atoms with Crippen molar-refractivity contribution in [3.05, 3.63) is 63.3 Å². The first-order chi connectivity index (χ1) is 12.5. The molecule has 0 saturated carbocycles. The molecule has 0 atom stereocenters. The normalized spacial score (nSPS) is 14.0. The first-order valence-corrected chi connectivity index (χ1v) is 8.90. The minimum absolute atomic E-state index is 0.0968. The standard InChI is InChI=1S/C19H15Cl2N3O2/c1-11-13-6-5-12(8-18-22-9-19(25)26-18)7-17(13)24(23-11)10-14-15(20)3-2-4-16(14)21/h2-7H,8-10H2,1H3. The number of nitrogens with zero attached hydrogens (tertiary/aromatic N) is 3. The van der Waals surface area contributed by atoms with Gasteiger partial charge < -0.3 is 4.74 Å². The maximum Gasteiger partial charge on any atom is 0.334 e. The number of fused-ring (bicyclic) bond motifs is 1. The van der Waals surface area contributed by atoms with E-state index in [0.29, 0.717) is 28.9 Å². The molecule has 0 fully saturated rings. The third kappa shape index (κ3) is 3.20. The molecule has 0 bridgehead atoms. The Morgan fingerprint density at radius 1 is 1.19 bits per heavy atom. The van der Waals surface area contributed by atoms with Crippen LogP contribution in [0.4, 0.5) is 0 Å². The van der Waals surface area contributed by atoms with Crippen LogP contribution >= 0.6 is 23.2 Å². The number of aryl methyl sites for hydroxylation is 1. The molecule has 2 aromatic carbocycles. The Bertz CT molecular complexity index is 1040. The van der Waals surface area contributed by atoms with E-state index in [1.807, 2.05) is 48.0 Å². The highest BCUT2D eigenvalue weighted by molar-refractivity contribution is 6.36. The maximum absolute atomic E-state index is 11.2. The van der Waals surface area contributed by atoms with Crippen molar-refractivity contribution in [2.45, 2.75) is 19.9 Å². The number of carbonyl (C=O) groups is 1. The van der Waals surface area contributed by atoms with Crippen LogP contribution in [-0.4, -0.2) is 28.2 Å². The van der Waals surface area contributed by atoms with Crippen molar-refractivity contribution in [1.82, 2.24) is 9.78 Å². The number of hydrogen-bond donors (Lipinski definition) is 0. The van der Waals surface area contributed by atoms with Crippen molar-refractivity contribution in [3.63, 3.8) is 0 Å². The molecular formula is C19H15Cl2N3O2. The Hall–Kier alpha value is -2.37. The van der Waals surface area contributed by atoms with E-state index in [2.05, 4.69) is 10.1 Å². The molecule has 132 valence electrons. The average molecular weight is 388 g/mol. The summed E-state index contributed by atoms with van der Waals surface area (Å²) in [5, 5.41) is 6.92. The van der Waals surface area contributed by atoms with Crippen molar-refractivity contribution in [2.75, 3.05) is 6.54 Å². The Morgan fingerprint density at radius 3 is 2.65 bits per heavy atom. The van der Waals surface area contributed by atoms with Crippen molar-refractivity contribution in [1.29, 1.82) is 0 Å². The van der Waals surface area contributed by atoms with E-state index in [4.69, 9.17) is 27.9 Å². The highest BCUT2D eigenvalue weighted by atomic mass is 35.5. The lowest BCUT2D eigenvalue weighted by Crippen LogP contribution is -2.07. The van der Waals surface area contributed by atoms with Gasteiger partial charge in [0.1, 0.15) is 6.54 Å². The predicted octanol–water partition coefficient (Wildman–Crippen LogP) is 4.20. The largest absolute Gasteiger partial charge is 0.410 e. The summed E-state index contributed by atoms with van der Waals surface area (Å²) in [6.45, 7) is 2.54. The zero-order valence-electron chi connectivity index (χ0n) is 14.0. The smallest absolute Gasteiger partial charge is 0.334 e. The number of hydrogen-bond acceptors (Lipinski definition) is 4. The van der Waals surface area contributed by atoms with Crippen LogP contribution in [0.2, 0.25) is 10.0 Å². The van der Waals surface area contributed by atoms with E-state index >= 15 is 0 Å². The monoisotopic (exact) mass is 387 g/mol. The Kier molecular flexibility index (Phi) is 4.42. The topological polar surface area (TPSA) is 56.5 Å². The highest BCUT2D eigenvalue weighted by Crippen LogP contribution is 2.27. The van der Waals surface area contributed by atoms with Gasteiger partial charge in [0.15, 0.2) is 5.90 Å². The summed E-state index contributed by atoms with van der Waals surface area (Å²) in [4.78, 5) is 15.3. The van der Waals surface area contributed by atoms with Gasteiger partial charge in [0.25, 0.3) is 0 Å². The maximum atomic E-state index is 11.2. The molecule has 4 rings (SSSR count). The van der Waals surface area contributed by atoms with Gasteiger partial charge in [-0.2, -0.15) is 5.10 Å². The van der Waals surface area contributed by atoms with E-state index in [9.17, 15) is 4.79 Å². The number of halogens is 2. The Balaban J connectivity index is 1.71. The second-order valence-electron chi connectivity index (χ2n) is 6.16. The average Bonchev–Trinajstić information content (AvgIpc) is 3.14. The Labute approximate surface area is 160 Å². The molecule has 0 amide bonds. The number of cyclic esters (lactones) is 1. The molecule has 1 aromatic heterocycles. The van der Waals surface area contributed by atoms with Crippen molar-refractivity contribution < 1.29 is 9.53 Å². The molecule has 2 heterocycles. The van der Waals surface area contributed by atoms with Gasteiger partial charge in [-0.15, -0.1) is 0 Å². The van der Waals surface area contributed by atoms with E-state index in [1.54, 1.807) is 0 Å². The lowest BCUT2D eigenvalue weighted by atomic mass is 10.1. The number of benzene rings is 2.